The Balaban J connectivity index is 1.68. The third-order valence-corrected chi connectivity index (χ3v) is 6.02. The molecular formula is C21H30N4O2. The zero-order valence-electron chi connectivity index (χ0n) is 16.2. The van der Waals surface area contributed by atoms with Gasteiger partial charge < -0.3 is 14.4 Å². The van der Waals surface area contributed by atoms with E-state index >= 15 is 0 Å². The van der Waals surface area contributed by atoms with E-state index in [2.05, 4.69) is 9.30 Å². The van der Waals surface area contributed by atoms with Crippen LogP contribution in [0.1, 0.15) is 53.8 Å². The molecule has 0 bridgehead atoms. The van der Waals surface area contributed by atoms with Crippen molar-refractivity contribution in [2.75, 3.05) is 32.8 Å². The highest BCUT2D eigenvalue weighted by molar-refractivity contribution is 5.94. The van der Waals surface area contributed by atoms with Crippen molar-refractivity contribution in [3.05, 3.63) is 35.3 Å². The number of imidazole rings is 1. The van der Waals surface area contributed by atoms with Crippen LogP contribution >= 0.6 is 0 Å². The summed E-state index contributed by atoms with van der Waals surface area (Å²) in [7, 11) is 0. The van der Waals surface area contributed by atoms with Gasteiger partial charge in [0.15, 0.2) is 5.69 Å². The van der Waals surface area contributed by atoms with Gasteiger partial charge in [-0.25, -0.2) is 4.98 Å². The van der Waals surface area contributed by atoms with E-state index in [1.807, 2.05) is 30.2 Å². The molecule has 2 saturated heterocycles. The van der Waals surface area contributed by atoms with E-state index in [0.717, 1.165) is 68.8 Å². The lowest BCUT2D eigenvalue weighted by atomic mass is 9.99. The predicted molar refractivity (Wildman–Crippen MR) is 105 cm³/mol. The highest BCUT2D eigenvalue weighted by atomic mass is 16.3. The number of nitrogens with zero attached hydrogens (tertiary/aromatic N) is 4. The van der Waals surface area contributed by atoms with Gasteiger partial charge in [-0.2, -0.15) is 0 Å². The summed E-state index contributed by atoms with van der Waals surface area (Å²) in [6.45, 7) is 6.55. The van der Waals surface area contributed by atoms with Gasteiger partial charge in [0.25, 0.3) is 5.91 Å². The summed E-state index contributed by atoms with van der Waals surface area (Å²) in [5.41, 5.74) is 3.56. The third kappa shape index (κ3) is 3.73. The predicted octanol–water partition coefficient (Wildman–Crippen LogP) is 2.47. The number of piperidine rings is 2. The van der Waals surface area contributed by atoms with Gasteiger partial charge in [0.05, 0.1) is 5.69 Å². The molecule has 6 nitrogen and oxygen atoms in total. The Morgan fingerprint density at radius 2 is 2.04 bits per heavy atom. The molecule has 4 heterocycles. The lowest BCUT2D eigenvalue weighted by molar-refractivity contribution is 0.0713. The van der Waals surface area contributed by atoms with E-state index in [1.165, 1.54) is 6.42 Å². The maximum Gasteiger partial charge on any atom is 0.274 e. The maximum atomic E-state index is 13.3. The van der Waals surface area contributed by atoms with Crippen molar-refractivity contribution in [2.24, 2.45) is 5.92 Å². The second-order valence-electron chi connectivity index (χ2n) is 8.07. The minimum atomic E-state index is 0.0727. The standard InChI is InChI=1S/C21H30N4O2/c1-16-7-5-12-25-18(14-23-9-6-8-17(13-23)15-26)19(22-20(16)25)21(27)24-10-3-2-4-11-24/h5,7,12,17,26H,2-4,6,8-11,13-15H2,1H3. The largest absolute Gasteiger partial charge is 0.396 e. The summed E-state index contributed by atoms with van der Waals surface area (Å²) < 4.78 is 2.09. The fourth-order valence-corrected chi connectivity index (χ4v) is 4.48. The Labute approximate surface area is 160 Å². The number of hydrogen-bond donors (Lipinski definition) is 1. The number of rotatable bonds is 4. The molecule has 146 valence electrons. The molecule has 4 rings (SSSR count). The van der Waals surface area contributed by atoms with Crippen molar-refractivity contribution in [3.63, 3.8) is 0 Å². The summed E-state index contributed by atoms with van der Waals surface area (Å²) in [4.78, 5) is 22.4. The van der Waals surface area contributed by atoms with Crippen LogP contribution in [0.2, 0.25) is 0 Å². The Bertz CT molecular complexity index is 810. The molecule has 2 aromatic rings. The average Bonchev–Trinajstić information content (AvgIpc) is 3.08. The fraction of sp³-hybridized carbons (Fsp3) is 0.619. The molecule has 0 spiro atoms. The number of likely N-dealkylation sites (tertiary alicyclic amines) is 2. The van der Waals surface area contributed by atoms with Crippen LogP contribution in [0, 0.1) is 12.8 Å². The Morgan fingerprint density at radius 3 is 2.81 bits per heavy atom. The van der Waals surface area contributed by atoms with Gasteiger partial charge in [0.1, 0.15) is 5.65 Å². The van der Waals surface area contributed by atoms with E-state index in [9.17, 15) is 9.90 Å². The number of carbonyl (C=O) groups is 1. The third-order valence-electron chi connectivity index (χ3n) is 6.02. The van der Waals surface area contributed by atoms with E-state index in [-0.39, 0.29) is 12.5 Å². The number of amides is 1. The number of aromatic nitrogens is 2. The molecular weight excluding hydrogens is 340 g/mol. The Kier molecular flexibility index (Phi) is 5.45. The smallest absolute Gasteiger partial charge is 0.274 e. The number of carbonyl (C=O) groups excluding carboxylic acids is 1. The van der Waals surface area contributed by atoms with Gasteiger partial charge in [-0.05, 0) is 63.1 Å². The van der Waals surface area contributed by atoms with Crippen molar-refractivity contribution in [2.45, 2.75) is 45.6 Å². The monoisotopic (exact) mass is 370 g/mol. The van der Waals surface area contributed by atoms with E-state index in [0.29, 0.717) is 18.2 Å². The molecule has 2 aliphatic heterocycles. The van der Waals surface area contributed by atoms with Crippen molar-refractivity contribution in [1.29, 1.82) is 0 Å². The van der Waals surface area contributed by atoms with Crippen LogP contribution in [0.5, 0.6) is 0 Å². The molecule has 2 fully saturated rings. The van der Waals surface area contributed by atoms with Gasteiger partial charge in [0, 0.05) is 39.0 Å². The molecule has 2 aromatic heterocycles. The zero-order chi connectivity index (χ0) is 18.8. The normalized spacial score (nSPS) is 21.7. The van der Waals surface area contributed by atoms with Crippen LogP contribution in [0.15, 0.2) is 18.3 Å². The molecule has 1 unspecified atom stereocenters. The van der Waals surface area contributed by atoms with E-state index in [4.69, 9.17) is 4.98 Å². The molecule has 2 aliphatic rings. The molecule has 1 atom stereocenters. The lowest BCUT2D eigenvalue weighted by Gasteiger charge is -2.32. The summed E-state index contributed by atoms with van der Waals surface area (Å²) in [5.74, 6) is 0.407. The van der Waals surface area contributed by atoms with Gasteiger partial charge >= 0.3 is 0 Å². The lowest BCUT2D eigenvalue weighted by Crippen LogP contribution is -2.38. The molecule has 27 heavy (non-hydrogen) atoms. The van der Waals surface area contributed by atoms with Gasteiger partial charge in [-0.1, -0.05) is 6.07 Å². The van der Waals surface area contributed by atoms with E-state index < -0.39 is 0 Å². The number of aryl methyl sites for hydroxylation is 1. The Hall–Kier alpha value is -1.92. The highest BCUT2D eigenvalue weighted by Crippen LogP contribution is 2.24. The summed E-state index contributed by atoms with van der Waals surface area (Å²) >= 11 is 0. The van der Waals surface area contributed by atoms with Crippen molar-refractivity contribution in [1.82, 2.24) is 19.2 Å². The number of fused-ring (bicyclic) bond motifs is 1. The summed E-state index contributed by atoms with van der Waals surface area (Å²) in [6.07, 6.45) is 7.56. The number of hydrogen-bond acceptors (Lipinski definition) is 4. The molecule has 0 aliphatic carbocycles. The zero-order valence-corrected chi connectivity index (χ0v) is 16.2. The van der Waals surface area contributed by atoms with Crippen molar-refractivity contribution >= 4 is 11.6 Å². The van der Waals surface area contributed by atoms with Crippen LogP contribution in [-0.2, 0) is 6.54 Å². The van der Waals surface area contributed by atoms with Crippen molar-refractivity contribution < 1.29 is 9.90 Å². The molecule has 1 amide bonds. The molecule has 1 N–H and O–H groups in total. The van der Waals surface area contributed by atoms with Crippen LogP contribution < -0.4 is 0 Å². The fourth-order valence-electron chi connectivity index (χ4n) is 4.48. The highest BCUT2D eigenvalue weighted by Gasteiger charge is 2.28. The first-order chi connectivity index (χ1) is 13.2. The van der Waals surface area contributed by atoms with Crippen LogP contribution in [0.25, 0.3) is 5.65 Å². The van der Waals surface area contributed by atoms with E-state index in [1.54, 1.807) is 0 Å². The number of aliphatic hydroxyl groups excluding tert-OH is 1. The van der Waals surface area contributed by atoms with Gasteiger partial charge in [-0.15, -0.1) is 0 Å². The van der Waals surface area contributed by atoms with Crippen LogP contribution in [-0.4, -0.2) is 63.0 Å². The molecule has 0 radical (unpaired) electrons. The second kappa shape index (κ2) is 7.98. The molecule has 6 heteroatoms. The van der Waals surface area contributed by atoms with Crippen LogP contribution in [0.4, 0.5) is 0 Å². The first-order valence-corrected chi connectivity index (χ1v) is 10.3. The molecule has 0 saturated carbocycles. The minimum Gasteiger partial charge on any atom is -0.396 e. The summed E-state index contributed by atoms with van der Waals surface area (Å²) in [6, 6.07) is 4.07. The SMILES string of the molecule is Cc1cccn2c(CN3CCCC(CO)C3)c(C(=O)N3CCCCC3)nc12. The van der Waals surface area contributed by atoms with Gasteiger partial charge in [-0.3, -0.25) is 9.69 Å². The minimum absolute atomic E-state index is 0.0727. The second-order valence-corrected chi connectivity index (χ2v) is 8.07. The summed E-state index contributed by atoms with van der Waals surface area (Å²) in [5, 5.41) is 9.55. The topological polar surface area (TPSA) is 61.1 Å². The number of pyridine rings is 1. The molecule has 0 aromatic carbocycles. The Morgan fingerprint density at radius 1 is 1.22 bits per heavy atom. The quantitative estimate of drug-likeness (QED) is 0.898. The first kappa shape index (κ1) is 18.4. The first-order valence-electron chi connectivity index (χ1n) is 10.3. The maximum absolute atomic E-state index is 13.3. The average molecular weight is 370 g/mol. The van der Waals surface area contributed by atoms with Crippen molar-refractivity contribution in [3.8, 4) is 0 Å². The van der Waals surface area contributed by atoms with Crippen LogP contribution in [0.3, 0.4) is 0 Å². The number of aliphatic hydroxyl groups is 1. The van der Waals surface area contributed by atoms with Gasteiger partial charge in [0.2, 0.25) is 0 Å².